The van der Waals surface area contributed by atoms with Crippen LogP contribution in [0.25, 0.3) is 21.9 Å². The summed E-state index contributed by atoms with van der Waals surface area (Å²) in [6, 6.07) is 15.4. The summed E-state index contributed by atoms with van der Waals surface area (Å²) >= 11 is 6.31. The smallest absolute Gasteiger partial charge is 0.278 e. The number of carbonyl (C=O) groups excluding carboxylic acids is 1. The van der Waals surface area contributed by atoms with Gasteiger partial charge in [0.05, 0.1) is 18.4 Å². The number of nitrogens with one attached hydrogen (secondary N) is 1. The molecule has 32 heavy (non-hydrogen) atoms. The monoisotopic (exact) mass is 448 g/mol. The number of carbonyl (C=O) groups is 1. The molecule has 2 aromatic carbocycles. The van der Waals surface area contributed by atoms with Gasteiger partial charge in [-0.15, -0.1) is 0 Å². The van der Waals surface area contributed by atoms with Crippen molar-refractivity contribution in [1.82, 2.24) is 19.4 Å². The van der Waals surface area contributed by atoms with Crippen molar-refractivity contribution in [1.29, 1.82) is 0 Å². The molecule has 0 unspecified atom stereocenters. The molecule has 1 amide bonds. The molecule has 0 bridgehead atoms. The van der Waals surface area contributed by atoms with Crippen molar-refractivity contribution >= 4 is 39.4 Å². The number of para-hydroxylation sites is 1. The van der Waals surface area contributed by atoms with Crippen LogP contribution < -0.4 is 10.9 Å². The van der Waals surface area contributed by atoms with E-state index in [9.17, 15) is 9.59 Å². The molecule has 164 valence electrons. The topological polar surface area (TPSA) is 68.9 Å². The molecular formula is C25H25ClN4O2. The maximum absolute atomic E-state index is 13.5. The molecule has 0 atom stereocenters. The highest BCUT2D eigenvalue weighted by Crippen LogP contribution is 2.26. The fourth-order valence-corrected chi connectivity index (χ4v) is 4.89. The van der Waals surface area contributed by atoms with Crippen molar-refractivity contribution in [2.45, 2.75) is 51.2 Å². The molecule has 2 aromatic heterocycles. The molecule has 1 aliphatic carbocycles. The molecule has 0 spiro atoms. The number of rotatable bonds is 5. The molecule has 0 saturated heterocycles. The summed E-state index contributed by atoms with van der Waals surface area (Å²) in [4.78, 5) is 31.1. The summed E-state index contributed by atoms with van der Waals surface area (Å²) in [7, 11) is 0. The van der Waals surface area contributed by atoms with Gasteiger partial charge in [0, 0.05) is 16.5 Å². The van der Waals surface area contributed by atoms with Gasteiger partial charge in [0.2, 0.25) is 5.91 Å². The lowest BCUT2D eigenvalue weighted by Gasteiger charge is -2.23. The first kappa shape index (κ1) is 20.8. The van der Waals surface area contributed by atoms with Gasteiger partial charge in [-0.2, -0.15) is 0 Å². The van der Waals surface area contributed by atoms with E-state index in [0.717, 1.165) is 42.1 Å². The second kappa shape index (κ2) is 8.79. The Kier molecular flexibility index (Phi) is 5.70. The number of hydrogen-bond acceptors (Lipinski definition) is 3. The highest BCUT2D eigenvalue weighted by molar-refractivity contribution is 6.31. The van der Waals surface area contributed by atoms with Gasteiger partial charge in [0.15, 0.2) is 0 Å². The molecule has 1 saturated carbocycles. The van der Waals surface area contributed by atoms with Crippen LogP contribution in [0.2, 0.25) is 5.02 Å². The Morgan fingerprint density at radius 3 is 2.62 bits per heavy atom. The Morgan fingerprint density at radius 1 is 1.06 bits per heavy atom. The van der Waals surface area contributed by atoms with E-state index in [1.54, 1.807) is 21.5 Å². The lowest BCUT2D eigenvalue weighted by molar-refractivity contribution is -0.122. The minimum absolute atomic E-state index is 0.0690. The van der Waals surface area contributed by atoms with Gasteiger partial charge >= 0.3 is 0 Å². The van der Waals surface area contributed by atoms with E-state index < -0.39 is 0 Å². The van der Waals surface area contributed by atoms with Crippen LogP contribution in [0.15, 0.2) is 59.7 Å². The van der Waals surface area contributed by atoms with E-state index in [2.05, 4.69) is 10.3 Å². The minimum Gasteiger partial charge on any atom is -0.352 e. The van der Waals surface area contributed by atoms with E-state index in [1.807, 2.05) is 42.5 Å². The second-order valence-electron chi connectivity index (χ2n) is 8.47. The molecule has 1 aliphatic rings. The van der Waals surface area contributed by atoms with Crippen LogP contribution in [0.3, 0.4) is 0 Å². The third kappa shape index (κ3) is 3.91. The lowest BCUT2D eigenvalue weighted by atomic mass is 9.95. The maximum Gasteiger partial charge on any atom is 0.278 e. The molecule has 1 fully saturated rings. The number of amides is 1. The van der Waals surface area contributed by atoms with Gasteiger partial charge in [0.1, 0.15) is 17.6 Å². The summed E-state index contributed by atoms with van der Waals surface area (Å²) in [6.07, 6.45) is 7.13. The summed E-state index contributed by atoms with van der Waals surface area (Å²) in [5, 5.41) is 4.64. The third-order valence-electron chi connectivity index (χ3n) is 6.30. The number of aromatic nitrogens is 3. The summed E-state index contributed by atoms with van der Waals surface area (Å²) < 4.78 is 3.36. The maximum atomic E-state index is 13.5. The van der Waals surface area contributed by atoms with Gasteiger partial charge in [-0.25, -0.2) is 4.98 Å². The lowest BCUT2D eigenvalue weighted by Crippen LogP contribution is -2.38. The average Bonchev–Trinajstić information content (AvgIpc) is 3.12. The SMILES string of the molecule is O=C(Cn1c2ccccc2c2ncn(Cc3ccccc3Cl)c(=O)c21)NC1CCCCC1. The van der Waals surface area contributed by atoms with E-state index in [-0.39, 0.29) is 24.1 Å². The van der Waals surface area contributed by atoms with Gasteiger partial charge in [-0.1, -0.05) is 67.3 Å². The fraction of sp³-hybridized carbons (Fsp3) is 0.320. The van der Waals surface area contributed by atoms with Gasteiger partial charge in [-0.05, 0) is 30.5 Å². The molecule has 0 radical (unpaired) electrons. The predicted molar refractivity (Wildman–Crippen MR) is 127 cm³/mol. The summed E-state index contributed by atoms with van der Waals surface area (Å²) in [6.45, 7) is 0.408. The van der Waals surface area contributed by atoms with E-state index in [4.69, 9.17) is 11.6 Å². The molecule has 4 aromatic rings. The first-order valence-electron chi connectivity index (χ1n) is 11.1. The third-order valence-corrected chi connectivity index (χ3v) is 6.67. The van der Waals surface area contributed by atoms with Crippen molar-refractivity contribution in [2.24, 2.45) is 0 Å². The molecule has 2 heterocycles. The highest BCUT2D eigenvalue weighted by Gasteiger charge is 2.20. The normalized spacial score (nSPS) is 14.8. The standard InChI is InChI=1S/C25H25ClN4O2/c26-20-12-6-4-8-17(20)14-29-16-27-23-19-11-5-7-13-21(19)30(24(23)25(29)32)15-22(31)28-18-9-2-1-3-10-18/h4-8,11-13,16,18H,1-3,9-10,14-15H2,(H,28,31). The number of nitrogens with zero attached hydrogens (tertiary/aromatic N) is 3. The quantitative estimate of drug-likeness (QED) is 0.488. The minimum atomic E-state index is -0.184. The Morgan fingerprint density at radius 2 is 1.81 bits per heavy atom. The molecule has 5 rings (SSSR count). The molecule has 6 nitrogen and oxygen atoms in total. The van der Waals surface area contributed by atoms with Crippen molar-refractivity contribution in [3.63, 3.8) is 0 Å². The van der Waals surface area contributed by atoms with E-state index in [0.29, 0.717) is 22.6 Å². The number of benzene rings is 2. The largest absolute Gasteiger partial charge is 0.352 e. The fourth-order valence-electron chi connectivity index (χ4n) is 4.70. The van der Waals surface area contributed by atoms with E-state index >= 15 is 0 Å². The van der Waals surface area contributed by atoms with Crippen LogP contribution in [-0.2, 0) is 17.9 Å². The average molecular weight is 449 g/mol. The highest BCUT2D eigenvalue weighted by atomic mass is 35.5. The van der Waals surface area contributed by atoms with Gasteiger partial charge in [0.25, 0.3) is 5.56 Å². The Bertz CT molecular complexity index is 1350. The first-order valence-corrected chi connectivity index (χ1v) is 11.5. The first-order chi connectivity index (χ1) is 15.6. The zero-order valence-corrected chi connectivity index (χ0v) is 18.5. The zero-order chi connectivity index (χ0) is 22.1. The van der Waals surface area contributed by atoms with Crippen LogP contribution in [0.4, 0.5) is 0 Å². The van der Waals surface area contributed by atoms with Gasteiger partial charge in [-0.3, -0.25) is 14.2 Å². The predicted octanol–water partition coefficient (Wildman–Crippen LogP) is 4.50. The van der Waals surface area contributed by atoms with Crippen molar-refractivity contribution < 1.29 is 4.79 Å². The summed E-state index contributed by atoms with van der Waals surface area (Å²) in [5.74, 6) is -0.0690. The van der Waals surface area contributed by atoms with Gasteiger partial charge < -0.3 is 9.88 Å². The van der Waals surface area contributed by atoms with E-state index in [1.165, 1.54) is 6.42 Å². The van der Waals surface area contributed by atoms with Crippen LogP contribution in [0, 0.1) is 0 Å². The van der Waals surface area contributed by atoms with Crippen LogP contribution >= 0.6 is 11.6 Å². The zero-order valence-electron chi connectivity index (χ0n) is 17.8. The van der Waals surface area contributed by atoms with Crippen LogP contribution in [0.5, 0.6) is 0 Å². The summed E-state index contributed by atoms with van der Waals surface area (Å²) in [5.41, 5.74) is 2.55. The van der Waals surface area contributed by atoms with Crippen LogP contribution in [0.1, 0.15) is 37.7 Å². The molecular weight excluding hydrogens is 424 g/mol. The van der Waals surface area contributed by atoms with Crippen molar-refractivity contribution in [3.05, 3.63) is 75.8 Å². The number of hydrogen-bond donors (Lipinski definition) is 1. The van der Waals surface area contributed by atoms with Crippen molar-refractivity contribution in [2.75, 3.05) is 0 Å². The second-order valence-corrected chi connectivity index (χ2v) is 8.88. The Hall–Kier alpha value is -3.12. The van der Waals surface area contributed by atoms with Crippen molar-refractivity contribution in [3.8, 4) is 0 Å². The molecule has 1 N–H and O–H groups in total. The van der Waals surface area contributed by atoms with Crippen LogP contribution in [-0.4, -0.2) is 26.1 Å². The Labute approximate surface area is 190 Å². The Balaban J connectivity index is 1.56. The molecule has 0 aliphatic heterocycles. The number of fused-ring (bicyclic) bond motifs is 3. The molecule has 7 heteroatoms. The number of halogens is 1.